The molecule has 6 heteroatoms. The number of likely N-dealkylation sites (tertiary alicyclic amines) is 1. The largest absolute Gasteiger partial charge is 0.427 e. The van der Waals surface area contributed by atoms with Crippen LogP contribution in [0.25, 0.3) is 0 Å². The monoisotopic (exact) mass is 410 g/mol. The van der Waals surface area contributed by atoms with Crippen LogP contribution >= 0.6 is 0 Å². The van der Waals surface area contributed by atoms with Crippen LogP contribution in [0.1, 0.15) is 59.3 Å². The van der Waals surface area contributed by atoms with Crippen LogP contribution in [-0.2, 0) is 17.6 Å². The number of hydrogen-bond donors (Lipinski definition) is 1. The van der Waals surface area contributed by atoms with E-state index in [1.165, 1.54) is 5.56 Å². The molecule has 1 fully saturated rings. The van der Waals surface area contributed by atoms with Crippen molar-refractivity contribution in [2.75, 3.05) is 13.1 Å². The van der Waals surface area contributed by atoms with E-state index >= 15 is 0 Å². The van der Waals surface area contributed by atoms with Crippen molar-refractivity contribution >= 4 is 11.8 Å². The first-order chi connectivity index (χ1) is 14.4. The second-order valence-electron chi connectivity index (χ2n) is 8.14. The minimum Gasteiger partial charge on any atom is -0.427 e. The molecule has 1 saturated heterocycles. The highest BCUT2D eigenvalue weighted by Gasteiger charge is 2.27. The van der Waals surface area contributed by atoms with Crippen molar-refractivity contribution in [1.29, 1.82) is 0 Å². The molecule has 6 nitrogen and oxygen atoms in total. The predicted molar refractivity (Wildman–Crippen MR) is 115 cm³/mol. The molecular weight excluding hydrogens is 380 g/mol. The van der Waals surface area contributed by atoms with E-state index in [-0.39, 0.29) is 17.4 Å². The molecule has 0 radical (unpaired) electrons. The highest BCUT2D eigenvalue weighted by molar-refractivity contribution is 5.95. The van der Waals surface area contributed by atoms with E-state index in [0.717, 1.165) is 32.1 Å². The standard InChI is InChI=1S/C24H30N2O4/c1-17-16-20(9-5-8-18-6-3-2-4-7-18)30-24(29)22(17)23(28)26-14-12-19(13-15-26)10-11-21(25)27/h2-4,6-7,16,19H,5,8-15H2,1H3,(H2,25,27). The van der Waals surface area contributed by atoms with Gasteiger partial charge in [0, 0.05) is 25.9 Å². The van der Waals surface area contributed by atoms with Crippen LogP contribution in [0.5, 0.6) is 0 Å². The van der Waals surface area contributed by atoms with Gasteiger partial charge < -0.3 is 15.1 Å². The van der Waals surface area contributed by atoms with Gasteiger partial charge in [-0.05, 0) is 62.1 Å². The summed E-state index contributed by atoms with van der Waals surface area (Å²) in [5.41, 5.74) is 6.72. The van der Waals surface area contributed by atoms with Crippen molar-refractivity contribution in [1.82, 2.24) is 4.90 Å². The number of carbonyl (C=O) groups is 2. The Labute approximate surface area is 177 Å². The molecular formula is C24H30N2O4. The van der Waals surface area contributed by atoms with Gasteiger partial charge in [-0.15, -0.1) is 0 Å². The minimum atomic E-state index is -0.550. The van der Waals surface area contributed by atoms with E-state index in [2.05, 4.69) is 12.1 Å². The molecule has 160 valence electrons. The number of amides is 2. The molecule has 1 aromatic heterocycles. The fourth-order valence-corrected chi connectivity index (χ4v) is 4.09. The molecule has 1 aromatic carbocycles. The van der Waals surface area contributed by atoms with Crippen molar-refractivity contribution < 1.29 is 14.0 Å². The molecule has 0 unspecified atom stereocenters. The van der Waals surface area contributed by atoms with Gasteiger partial charge in [0.25, 0.3) is 5.91 Å². The van der Waals surface area contributed by atoms with E-state index in [1.807, 2.05) is 24.3 Å². The average molecular weight is 411 g/mol. The SMILES string of the molecule is Cc1cc(CCCc2ccccc2)oc(=O)c1C(=O)N1CCC(CCC(N)=O)CC1. The van der Waals surface area contributed by atoms with Crippen LogP contribution < -0.4 is 11.4 Å². The lowest BCUT2D eigenvalue weighted by atomic mass is 9.91. The van der Waals surface area contributed by atoms with Crippen LogP contribution in [0, 0.1) is 12.8 Å². The summed E-state index contributed by atoms with van der Waals surface area (Å²) >= 11 is 0. The van der Waals surface area contributed by atoms with Gasteiger partial charge in [0.15, 0.2) is 0 Å². The summed E-state index contributed by atoms with van der Waals surface area (Å²) in [4.78, 5) is 38.1. The number of primary amides is 1. The van der Waals surface area contributed by atoms with Crippen molar-refractivity contribution in [3.8, 4) is 0 Å². The number of piperidine rings is 1. The summed E-state index contributed by atoms with van der Waals surface area (Å²) in [6.07, 6.45) is 5.23. The second-order valence-corrected chi connectivity index (χ2v) is 8.14. The third-order valence-electron chi connectivity index (χ3n) is 5.85. The Bertz CT molecular complexity index is 928. The number of hydrogen-bond acceptors (Lipinski definition) is 4. The lowest BCUT2D eigenvalue weighted by Crippen LogP contribution is -2.40. The molecule has 3 rings (SSSR count). The maximum absolute atomic E-state index is 12.9. The van der Waals surface area contributed by atoms with E-state index in [0.29, 0.717) is 43.2 Å². The van der Waals surface area contributed by atoms with E-state index < -0.39 is 5.63 Å². The van der Waals surface area contributed by atoms with Gasteiger partial charge in [-0.3, -0.25) is 9.59 Å². The van der Waals surface area contributed by atoms with Crippen LogP contribution in [-0.4, -0.2) is 29.8 Å². The zero-order chi connectivity index (χ0) is 21.5. The fourth-order valence-electron chi connectivity index (χ4n) is 4.09. The minimum absolute atomic E-state index is 0.136. The molecule has 0 saturated carbocycles. The molecule has 2 aromatic rings. The zero-order valence-corrected chi connectivity index (χ0v) is 17.6. The molecule has 1 aliphatic heterocycles. The predicted octanol–water partition coefficient (Wildman–Crippen LogP) is 3.24. The molecule has 1 aliphatic rings. The van der Waals surface area contributed by atoms with Gasteiger partial charge >= 0.3 is 5.63 Å². The summed E-state index contributed by atoms with van der Waals surface area (Å²) in [6, 6.07) is 12.0. The summed E-state index contributed by atoms with van der Waals surface area (Å²) in [5.74, 6) is 0.470. The highest BCUT2D eigenvalue weighted by atomic mass is 16.4. The Morgan fingerprint density at radius 1 is 1.13 bits per heavy atom. The van der Waals surface area contributed by atoms with E-state index in [1.54, 1.807) is 11.8 Å². The molecule has 0 spiro atoms. The first-order valence-electron chi connectivity index (χ1n) is 10.7. The van der Waals surface area contributed by atoms with Crippen molar-refractivity contribution in [2.45, 2.75) is 51.9 Å². The molecule has 2 N–H and O–H groups in total. The number of aryl methyl sites for hydroxylation is 3. The normalized spacial score (nSPS) is 14.6. The number of nitrogens with two attached hydrogens (primary N) is 1. The van der Waals surface area contributed by atoms with Crippen molar-refractivity contribution in [3.63, 3.8) is 0 Å². The maximum atomic E-state index is 12.9. The van der Waals surface area contributed by atoms with Gasteiger partial charge in [-0.2, -0.15) is 0 Å². The second kappa shape index (κ2) is 10.2. The zero-order valence-electron chi connectivity index (χ0n) is 17.6. The first-order valence-corrected chi connectivity index (χ1v) is 10.7. The first kappa shape index (κ1) is 21.8. The summed E-state index contributed by atoms with van der Waals surface area (Å²) < 4.78 is 5.47. The molecule has 30 heavy (non-hydrogen) atoms. The molecule has 0 aliphatic carbocycles. The maximum Gasteiger partial charge on any atom is 0.349 e. The smallest absolute Gasteiger partial charge is 0.349 e. The molecule has 2 amide bonds. The van der Waals surface area contributed by atoms with E-state index in [9.17, 15) is 14.4 Å². The number of carbonyl (C=O) groups excluding carboxylic acids is 2. The van der Waals surface area contributed by atoms with Crippen molar-refractivity contribution in [2.24, 2.45) is 11.7 Å². The van der Waals surface area contributed by atoms with Gasteiger partial charge in [0.1, 0.15) is 11.3 Å². The molecule has 2 heterocycles. The van der Waals surface area contributed by atoms with Crippen LogP contribution in [0.3, 0.4) is 0 Å². The van der Waals surface area contributed by atoms with Crippen LogP contribution in [0.4, 0.5) is 0 Å². The highest BCUT2D eigenvalue weighted by Crippen LogP contribution is 2.23. The lowest BCUT2D eigenvalue weighted by Gasteiger charge is -2.32. The van der Waals surface area contributed by atoms with E-state index in [4.69, 9.17) is 10.2 Å². The average Bonchev–Trinajstić information content (AvgIpc) is 2.73. The Morgan fingerprint density at radius 3 is 2.47 bits per heavy atom. The molecule has 0 atom stereocenters. The summed E-state index contributed by atoms with van der Waals surface area (Å²) in [6.45, 7) is 2.96. The summed E-state index contributed by atoms with van der Waals surface area (Å²) in [7, 11) is 0. The third kappa shape index (κ3) is 5.81. The van der Waals surface area contributed by atoms with Crippen LogP contribution in [0.2, 0.25) is 0 Å². The van der Waals surface area contributed by atoms with Gasteiger partial charge in [0.05, 0.1) is 0 Å². The number of benzene rings is 1. The summed E-state index contributed by atoms with van der Waals surface area (Å²) in [5, 5.41) is 0. The third-order valence-corrected chi connectivity index (χ3v) is 5.85. The fraction of sp³-hybridized carbons (Fsp3) is 0.458. The topological polar surface area (TPSA) is 93.6 Å². The Balaban J connectivity index is 1.57. The number of nitrogens with zero attached hydrogens (tertiary/aromatic N) is 1. The lowest BCUT2D eigenvalue weighted by molar-refractivity contribution is -0.118. The quantitative estimate of drug-likeness (QED) is 0.723. The Kier molecular flexibility index (Phi) is 7.44. The molecule has 0 bridgehead atoms. The van der Waals surface area contributed by atoms with Crippen molar-refractivity contribution in [3.05, 3.63) is 69.3 Å². The number of rotatable bonds is 8. The Hall–Kier alpha value is -2.89. The van der Waals surface area contributed by atoms with Crippen LogP contribution in [0.15, 0.2) is 45.6 Å². The van der Waals surface area contributed by atoms with Gasteiger partial charge in [-0.1, -0.05) is 30.3 Å². The van der Waals surface area contributed by atoms with Gasteiger partial charge in [-0.25, -0.2) is 4.79 Å². The van der Waals surface area contributed by atoms with Gasteiger partial charge in [0.2, 0.25) is 5.91 Å². The Morgan fingerprint density at radius 2 is 1.83 bits per heavy atom.